The van der Waals surface area contributed by atoms with E-state index in [0.717, 1.165) is 49.5 Å². The second kappa shape index (κ2) is 7.37. The normalized spacial score (nSPS) is 18.1. The molecule has 5 rings (SSSR count). The van der Waals surface area contributed by atoms with Crippen LogP contribution >= 0.6 is 0 Å². The van der Waals surface area contributed by atoms with Gasteiger partial charge in [0.2, 0.25) is 5.91 Å². The van der Waals surface area contributed by atoms with E-state index < -0.39 is 0 Å². The van der Waals surface area contributed by atoms with E-state index in [-0.39, 0.29) is 11.9 Å². The van der Waals surface area contributed by atoms with E-state index in [0.29, 0.717) is 0 Å². The average Bonchev–Trinajstić information content (AvgIpc) is 3.19. The summed E-state index contributed by atoms with van der Waals surface area (Å²) in [7, 11) is 0. The molecule has 0 spiro atoms. The first-order chi connectivity index (χ1) is 14.2. The first-order valence-corrected chi connectivity index (χ1v) is 10.2. The summed E-state index contributed by atoms with van der Waals surface area (Å²) in [6.45, 7) is 4.36. The first kappa shape index (κ1) is 17.9. The van der Waals surface area contributed by atoms with Crippen LogP contribution in [0.2, 0.25) is 0 Å². The number of amides is 1. The molecule has 1 aliphatic heterocycles. The van der Waals surface area contributed by atoms with Crippen LogP contribution in [0.25, 0.3) is 11.3 Å². The number of carbonyl (C=O) groups is 1. The third kappa shape index (κ3) is 3.29. The van der Waals surface area contributed by atoms with Gasteiger partial charge in [0.1, 0.15) is 0 Å². The van der Waals surface area contributed by atoms with E-state index in [1.165, 1.54) is 29.3 Å². The highest BCUT2D eigenvalue weighted by Gasteiger charge is 2.32. The number of hydrogen-bond acceptors (Lipinski definition) is 4. The van der Waals surface area contributed by atoms with Crippen molar-refractivity contribution in [2.24, 2.45) is 0 Å². The van der Waals surface area contributed by atoms with E-state index in [4.69, 9.17) is 5.10 Å². The van der Waals surface area contributed by atoms with Gasteiger partial charge in [0.15, 0.2) is 0 Å². The molecule has 3 N–H and O–H groups in total. The molecule has 29 heavy (non-hydrogen) atoms. The number of benzene rings is 2. The molecule has 0 saturated carbocycles. The van der Waals surface area contributed by atoms with Crippen LogP contribution in [0.5, 0.6) is 0 Å². The number of anilines is 2. The third-order valence-corrected chi connectivity index (χ3v) is 5.85. The lowest BCUT2D eigenvalue weighted by atomic mass is 10.0. The van der Waals surface area contributed by atoms with Gasteiger partial charge < -0.3 is 15.5 Å². The second-order valence-corrected chi connectivity index (χ2v) is 7.79. The highest BCUT2D eigenvalue weighted by Crippen LogP contribution is 2.40. The quantitative estimate of drug-likeness (QED) is 0.503. The molecular weight excluding hydrogens is 362 g/mol. The predicted molar refractivity (Wildman–Crippen MR) is 115 cm³/mol. The Morgan fingerprint density at radius 2 is 2.00 bits per heavy atom. The van der Waals surface area contributed by atoms with E-state index in [2.05, 4.69) is 57.0 Å². The minimum absolute atomic E-state index is 0.0544. The van der Waals surface area contributed by atoms with Gasteiger partial charge in [0.25, 0.3) is 0 Å². The zero-order valence-corrected chi connectivity index (χ0v) is 16.5. The van der Waals surface area contributed by atoms with Crippen LogP contribution in [0.3, 0.4) is 0 Å². The Labute approximate surface area is 170 Å². The van der Waals surface area contributed by atoms with E-state index in [1.54, 1.807) is 0 Å². The molecule has 6 nitrogen and oxygen atoms in total. The molecule has 1 aromatic heterocycles. The summed E-state index contributed by atoms with van der Waals surface area (Å²) in [5.41, 5.74) is 8.23. The molecule has 1 unspecified atom stereocenters. The van der Waals surface area contributed by atoms with Crippen molar-refractivity contribution < 1.29 is 4.79 Å². The highest BCUT2D eigenvalue weighted by atomic mass is 16.1. The Kier molecular flexibility index (Phi) is 4.56. The molecule has 1 amide bonds. The molecule has 6 heteroatoms. The summed E-state index contributed by atoms with van der Waals surface area (Å²) < 4.78 is 0. The molecule has 2 heterocycles. The van der Waals surface area contributed by atoms with Crippen molar-refractivity contribution in [1.29, 1.82) is 0 Å². The van der Waals surface area contributed by atoms with Crippen LogP contribution < -0.4 is 15.5 Å². The number of fused-ring (bicyclic) bond motifs is 3. The van der Waals surface area contributed by atoms with Gasteiger partial charge in [-0.2, -0.15) is 5.10 Å². The molecule has 3 aromatic rings. The van der Waals surface area contributed by atoms with Crippen LogP contribution in [0.1, 0.15) is 36.2 Å². The number of nitrogens with one attached hydrogen (secondary N) is 3. The lowest BCUT2D eigenvalue weighted by molar-refractivity contribution is -0.114. The Hall–Kier alpha value is -3.12. The average molecular weight is 387 g/mol. The molecule has 2 aliphatic rings. The van der Waals surface area contributed by atoms with Gasteiger partial charge in [-0.25, -0.2) is 0 Å². The van der Waals surface area contributed by atoms with Gasteiger partial charge >= 0.3 is 0 Å². The Morgan fingerprint density at radius 3 is 2.83 bits per heavy atom. The van der Waals surface area contributed by atoms with Gasteiger partial charge in [-0.15, -0.1) is 0 Å². The van der Waals surface area contributed by atoms with Crippen LogP contribution in [-0.4, -0.2) is 35.7 Å². The number of aromatic amines is 1. The van der Waals surface area contributed by atoms with Crippen LogP contribution in [0, 0.1) is 0 Å². The maximum Gasteiger partial charge on any atom is 0.221 e. The number of rotatable bonds is 3. The van der Waals surface area contributed by atoms with Gasteiger partial charge in [-0.05, 0) is 42.8 Å². The smallest absolute Gasteiger partial charge is 0.221 e. The van der Waals surface area contributed by atoms with Crippen molar-refractivity contribution in [3.8, 4) is 11.3 Å². The van der Waals surface area contributed by atoms with Crippen molar-refractivity contribution >= 4 is 17.3 Å². The minimum atomic E-state index is -0.0544. The van der Waals surface area contributed by atoms with Crippen molar-refractivity contribution in [2.45, 2.75) is 25.8 Å². The summed E-state index contributed by atoms with van der Waals surface area (Å²) >= 11 is 0. The van der Waals surface area contributed by atoms with E-state index >= 15 is 0 Å². The fourth-order valence-electron chi connectivity index (χ4n) is 4.54. The number of carbonyl (C=O) groups excluding carboxylic acids is 1. The Morgan fingerprint density at radius 1 is 1.17 bits per heavy atom. The van der Waals surface area contributed by atoms with Gasteiger partial charge in [0, 0.05) is 48.9 Å². The first-order valence-electron chi connectivity index (χ1n) is 10.2. The van der Waals surface area contributed by atoms with Crippen LogP contribution in [-0.2, 0) is 11.2 Å². The van der Waals surface area contributed by atoms with Crippen molar-refractivity contribution in [3.05, 3.63) is 65.4 Å². The lowest BCUT2D eigenvalue weighted by Gasteiger charge is -2.31. The number of aromatic nitrogens is 2. The zero-order chi connectivity index (χ0) is 19.8. The summed E-state index contributed by atoms with van der Waals surface area (Å²) in [4.78, 5) is 13.8. The molecular formula is C23H25N5O. The third-order valence-electron chi connectivity index (χ3n) is 5.85. The largest absolute Gasteiger partial charge is 0.361 e. The molecule has 1 aliphatic carbocycles. The van der Waals surface area contributed by atoms with Gasteiger partial charge in [0.05, 0.1) is 17.4 Å². The molecule has 148 valence electrons. The van der Waals surface area contributed by atoms with E-state index in [1.807, 2.05) is 12.1 Å². The standard InChI is InChI=1S/C23H25N5O/c1-15(29)25-17-7-9-18(10-8-17)28-12-4-11-24-14-21(28)23-20-13-16-5-2-3-6-19(16)22(20)26-27-23/h2-3,5-10,21,24H,4,11-14H2,1H3,(H,25,29)(H,26,27). The fourth-order valence-corrected chi connectivity index (χ4v) is 4.54. The second-order valence-electron chi connectivity index (χ2n) is 7.79. The molecule has 0 bridgehead atoms. The molecule has 1 fully saturated rings. The number of H-pyrrole nitrogens is 1. The predicted octanol–water partition coefficient (Wildman–Crippen LogP) is 3.48. The van der Waals surface area contributed by atoms with E-state index in [9.17, 15) is 4.79 Å². The SMILES string of the molecule is CC(=O)Nc1ccc(N2CCCNCC2c2n[nH]c3c2Cc2ccccc2-3)cc1. The zero-order valence-electron chi connectivity index (χ0n) is 16.5. The lowest BCUT2D eigenvalue weighted by Crippen LogP contribution is -2.33. The monoisotopic (exact) mass is 387 g/mol. The number of hydrogen-bond donors (Lipinski definition) is 3. The summed E-state index contributed by atoms with van der Waals surface area (Å²) in [6, 6.07) is 16.9. The summed E-state index contributed by atoms with van der Waals surface area (Å²) in [5.74, 6) is -0.0544. The molecule has 0 radical (unpaired) electrons. The Balaban J connectivity index is 1.48. The minimum Gasteiger partial charge on any atom is -0.361 e. The summed E-state index contributed by atoms with van der Waals surface area (Å²) in [6.07, 6.45) is 2.01. The van der Waals surface area contributed by atoms with Crippen LogP contribution in [0.4, 0.5) is 11.4 Å². The highest BCUT2D eigenvalue weighted by molar-refractivity contribution is 5.88. The van der Waals surface area contributed by atoms with Gasteiger partial charge in [-0.1, -0.05) is 24.3 Å². The van der Waals surface area contributed by atoms with Crippen molar-refractivity contribution in [2.75, 3.05) is 29.9 Å². The van der Waals surface area contributed by atoms with Crippen LogP contribution in [0.15, 0.2) is 48.5 Å². The maximum absolute atomic E-state index is 11.3. The Bertz CT molecular complexity index is 1040. The molecule has 1 saturated heterocycles. The number of nitrogens with zero attached hydrogens (tertiary/aromatic N) is 2. The molecule has 2 aromatic carbocycles. The van der Waals surface area contributed by atoms with Crippen molar-refractivity contribution in [3.63, 3.8) is 0 Å². The summed E-state index contributed by atoms with van der Waals surface area (Å²) in [5, 5.41) is 14.5. The topological polar surface area (TPSA) is 73.1 Å². The fraction of sp³-hybridized carbons (Fsp3) is 0.304. The van der Waals surface area contributed by atoms with Crippen molar-refractivity contribution in [1.82, 2.24) is 15.5 Å². The molecule has 1 atom stereocenters. The maximum atomic E-state index is 11.3. The van der Waals surface area contributed by atoms with Gasteiger partial charge in [-0.3, -0.25) is 9.89 Å².